The number of nitrogens with zero attached hydrogens (tertiary/aromatic N) is 2. The predicted molar refractivity (Wildman–Crippen MR) is 132 cm³/mol. The number of fused-ring (bicyclic) bond motifs is 3. The van der Waals surface area contributed by atoms with E-state index >= 15 is 4.39 Å². The molecule has 1 N–H and O–H groups in total. The van der Waals surface area contributed by atoms with E-state index in [9.17, 15) is 9.59 Å². The fourth-order valence-corrected chi connectivity index (χ4v) is 5.15. The number of imidazole rings is 1. The summed E-state index contributed by atoms with van der Waals surface area (Å²) in [5.41, 5.74) is 1.78. The lowest BCUT2D eigenvalue weighted by molar-refractivity contribution is 0.0491. The number of carbonyl (C=O) groups is 2. The maximum atomic E-state index is 15.2. The number of hydrogen-bond acceptors (Lipinski definition) is 6. The Hall–Kier alpha value is -3.46. The van der Waals surface area contributed by atoms with Crippen LogP contribution < -0.4 is 5.32 Å². The Bertz CT molecular complexity index is 1460. The molecule has 1 aliphatic carbocycles. The molecule has 2 aromatic carbocycles. The monoisotopic (exact) mass is 495 g/mol. The van der Waals surface area contributed by atoms with Crippen LogP contribution in [0.4, 0.5) is 9.18 Å². The maximum Gasteiger partial charge on any atom is 0.408 e. The smallest absolute Gasteiger partial charge is 0.408 e. The number of hydrogen-bond donors (Lipinski definition) is 1. The lowest BCUT2D eigenvalue weighted by atomic mass is 10.0. The average Bonchev–Trinajstić information content (AvgIpc) is 3.30. The Balaban J connectivity index is 1.41. The first-order valence-electron chi connectivity index (χ1n) is 11.5. The van der Waals surface area contributed by atoms with E-state index in [1.807, 2.05) is 16.5 Å². The number of esters is 1. The van der Waals surface area contributed by atoms with Crippen LogP contribution in [0.3, 0.4) is 0 Å². The number of ether oxygens (including phenoxy) is 2. The molecular weight excluding hydrogens is 469 g/mol. The van der Waals surface area contributed by atoms with E-state index in [0.717, 1.165) is 23.1 Å². The second-order valence-electron chi connectivity index (χ2n) is 9.69. The van der Waals surface area contributed by atoms with E-state index in [1.54, 1.807) is 52.1 Å². The van der Waals surface area contributed by atoms with E-state index in [-0.39, 0.29) is 5.97 Å². The SMILES string of the molecule is CCOC(=O)c1ccc2c(c1)sc1nc(-c3ccc(C4(NC(=O)OC(C)(C)C)CC4)cc3F)cn12. The van der Waals surface area contributed by atoms with Crippen molar-refractivity contribution in [3.63, 3.8) is 0 Å². The Kier molecular flexibility index (Phi) is 5.55. The highest BCUT2D eigenvalue weighted by Gasteiger charge is 2.47. The first-order chi connectivity index (χ1) is 16.6. The van der Waals surface area contributed by atoms with Crippen molar-refractivity contribution in [1.82, 2.24) is 14.7 Å². The molecule has 2 aromatic heterocycles. The molecule has 0 bridgehead atoms. The third-order valence-corrected chi connectivity index (χ3v) is 6.91. The van der Waals surface area contributed by atoms with Gasteiger partial charge in [0.2, 0.25) is 0 Å². The van der Waals surface area contributed by atoms with Gasteiger partial charge in [-0.3, -0.25) is 4.40 Å². The molecule has 2 heterocycles. The molecule has 0 unspecified atom stereocenters. The highest BCUT2D eigenvalue weighted by molar-refractivity contribution is 7.23. The lowest BCUT2D eigenvalue weighted by Gasteiger charge is -2.24. The van der Waals surface area contributed by atoms with Crippen LogP contribution in [0.5, 0.6) is 0 Å². The van der Waals surface area contributed by atoms with Crippen molar-refractivity contribution in [2.45, 2.75) is 51.7 Å². The van der Waals surface area contributed by atoms with E-state index in [2.05, 4.69) is 10.3 Å². The van der Waals surface area contributed by atoms with E-state index in [4.69, 9.17) is 9.47 Å². The van der Waals surface area contributed by atoms with Gasteiger partial charge in [-0.1, -0.05) is 17.4 Å². The molecule has 182 valence electrons. The molecule has 7 nitrogen and oxygen atoms in total. The molecular formula is C26H26FN3O4S. The molecule has 35 heavy (non-hydrogen) atoms. The molecule has 0 atom stereocenters. The number of aromatic nitrogens is 2. The number of rotatable bonds is 5. The zero-order valence-corrected chi connectivity index (χ0v) is 20.8. The molecule has 1 aliphatic rings. The van der Waals surface area contributed by atoms with Gasteiger partial charge in [0.25, 0.3) is 0 Å². The molecule has 0 spiro atoms. The van der Waals surface area contributed by atoms with Crippen molar-refractivity contribution in [2.75, 3.05) is 6.61 Å². The van der Waals surface area contributed by atoms with E-state index in [1.165, 1.54) is 17.4 Å². The first kappa shape index (κ1) is 23.3. The minimum Gasteiger partial charge on any atom is -0.462 e. The van der Waals surface area contributed by atoms with Gasteiger partial charge in [-0.05, 0) is 76.4 Å². The highest BCUT2D eigenvalue weighted by atomic mass is 32.1. The van der Waals surface area contributed by atoms with Gasteiger partial charge in [-0.25, -0.2) is 19.0 Å². The molecule has 1 fully saturated rings. The van der Waals surface area contributed by atoms with Gasteiger partial charge < -0.3 is 14.8 Å². The van der Waals surface area contributed by atoms with Crippen molar-refractivity contribution >= 4 is 38.6 Å². The average molecular weight is 496 g/mol. The largest absolute Gasteiger partial charge is 0.462 e. The molecule has 0 radical (unpaired) electrons. The van der Waals surface area contributed by atoms with Crippen LogP contribution in [-0.4, -0.2) is 33.7 Å². The summed E-state index contributed by atoms with van der Waals surface area (Å²) in [6, 6.07) is 10.4. The summed E-state index contributed by atoms with van der Waals surface area (Å²) in [6.07, 6.45) is 2.74. The van der Waals surface area contributed by atoms with Gasteiger partial charge in [-0.15, -0.1) is 0 Å². The van der Waals surface area contributed by atoms with Crippen LogP contribution in [-0.2, 0) is 15.0 Å². The van der Waals surface area contributed by atoms with Crippen molar-refractivity contribution < 1.29 is 23.5 Å². The van der Waals surface area contributed by atoms with Crippen LogP contribution in [0, 0.1) is 5.82 Å². The van der Waals surface area contributed by atoms with Crippen LogP contribution in [0.25, 0.3) is 26.4 Å². The van der Waals surface area contributed by atoms with E-state index < -0.39 is 23.1 Å². The summed E-state index contributed by atoms with van der Waals surface area (Å²) in [4.78, 5) is 29.6. The molecule has 1 amide bonds. The summed E-state index contributed by atoms with van der Waals surface area (Å²) in [6.45, 7) is 7.50. The van der Waals surface area contributed by atoms with Gasteiger partial charge >= 0.3 is 12.1 Å². The number of alkyl carbamates (subject to hydrolysis) is 1. The second kappa shape index (κ2) is 8.34. The molecule has 1 saturated carbocycles. The Morgan fingerprint density at radius 2 is 1.97 bits per heavy atom. The van der Waals surface area contributed by atoms with Crippen molar-refractivity contribution in [3.8, 4) is 11.3 Å². The van der Waals surface area contributed by atoms with Gasteiger partial charge in [0.05, 0.1) is 33.6 Å². The lowest BCUT2D eigenvalue weighted by Crippen LogP contribution is -2.39. The summed E-state index contributed by atoms with van der Waals surface area (Å²) in [7, 11) is 0. The van der Waals surface area contributed by atoms with Gasteiger partial charge in [0.1, 0.15) is 11.4 Å². The minimum atomic E-state index is -0.603. The Labute approximate surface area is 205 Å². The normalized spacial score (nSPS) is 14.8. The number of nitrogens with one attached hydrogen (secondary N) is 1. The maximum absolute atomic E-state index is 15.2. The number of carbonyl (C=O) groups excluding carboxylic acids is 2. The standard InChI is InChI=1S/C26H26FN3O4S/c1-5-33-22(31)15-6-9-20-21(12-15)35-23-28-19(14-30(20)23)17-8-7-16(13-18(17)27)26(10-11-26)29-24(32)34-25(2,3)4/h6-9,12-14H,5,10-11H2,1-4H3,(H,29,32). The van der Waals surface area contributed by atoms with Gasteiger partial charge in [-0.2, -0.15) is 0 Å². The first-order valence-corrected chi connectivity index (χ1v) is 12.3. The van der Waals surface area contributed by atoms with Crippen molar-refractivity contribution in [2.24, 2.45) is 0 Å². The minimum absolute atomic E-state index is 0.316. The molecule has 5 rings (SSSR count). The van der Waals surface area contributed by atoms with Crippen LogP contribution in [0.2, 0.25) is 0 Å². The van der Waals surface area contributed by atoms with E-state index in [0.29, 0.717) is 34.0 Å². The van der Waals surface area contributed by atoms with Crippen molar-refractivity contribution in [1.29, 1.82) is 0 Å². The van der Waals surface area contributed by atoms with Crippen LogP contribution in [0.1, 0.15) is 56.5 Å². The van der Waals surface area contributed by atoms with Crippen LogP contribution >= 0.6 is 11.3 Å². The zero-order chi connectivity index (χ0) is 25.0. The van der Waals surface area contributed by atoms with Crippen molar-refractivity contribution in [3.05, 3.63) is 59.5 Å². The third-order valence-electron chi connectivity index (χ3n) is 5.89. The molecule has 0 aliphatic heterocycles. The third kappa shape index (κ3) is 4.48. The number of thiazole rings is 1. The quantitative estimate of drug-likeness (QED) is 0.341. The summed E-state index contributed by atoms with van der Waals surface area (Å²) in [5, 5.41) is 2.91. The van der Waals surface area contributed by atoms with Gasteiger partial charge in [0.15, 0.2) is 4.96 Å². The summed E-state index contributed by atoms with van der Waals surface area (Å²) < 4.78 is 28.5. The second-order valence-corrected chi connectivity index (χ2v) is 10.7. The molecule has 9 heteroatoms. The topological polar surface area (TPSA) is 81.9 Å². The fraction of sp³-hybridized carbons (Fsp3) is 0.346. The highest BCUT2D eigenvalue weighted by Crippen LogP contribution is 2.46. The number of benzene rings is 2. The molecule has 4 aromatic rings. The molecule has 0 saturated heterocycles. The van der Waals surface area contributed by atoms with Gasteiger partial charge in [0, 0.05) is 11.8 Å². The Morgan fingerprint density at radius 3 is 2.63 bits per heavy atom. The number of amides is 1. The fourth-order valence-electron chi connectivity index (χ4n) is 4.10. The zero-order valence-electron chi connectivity index (χ0n) is 20.0. The van der Waals surface area contributed by atoms with Crippen LogP contribution in [0.15, 0.2) is 42.6 Å². The summed E-state index contributed by atoms with van der Waals surface area (Å²) in [5.74, 6) is -0.766. The summed E-state index contributed by atoms with van der Waals surface area (Å²) >= 11 is 1.42. The number of halogens is 1. The Morgan fingerprint density at radius 1 is 1.20 bits per heavy atom. The predicted octanol–water partition coefficient (Wildman–Crippen LogP) is 6.05.